The third kappa shape index (κ3) is 3.55. The smallest absolute Gasteiger partial charge is 0.0221 e. The van der Waals surface area contributed by atoms with Crippen molar-refractivity contribution < 1.29 is 0 Å². The highest BCUT2D eigenvalue weighted by Crippen LogP contribution is 2.58. The minimum absolute atomic E-state index is 0.139. The molecule has 0 heterocycles. The second-order valence-electron chi connectivity index (χ2n) is 9.40. The number of hydrogen-bond acceptors (Lipinski definition) is 0. The molecule has 1 fully saturated rings. The van der Waals surface area contributed by atoms with Crippen LogP contribution in [0.1, 0.15) is 88.5 Å². The molecular weight excluding hydrogens is 372 g/mol. The van der Waals surface area contributed by atoms with Crippen LogP contribution in [-0.4, -0.2) is 0 Å². The van der Waals surface area contributed by atoms with E-state index in [0.717, 1.165) is 19.3 Å². The van der Waals surface area contributed by atoms with Gasteiger partial charge in [0.05, 0.1) is 0 Å². The van der Waals surface area contributed by atoms with Crippen LogP contribution in [0.15, 0.2) is 66.3 Å². The molecule has 2 aromatic carbocycles. The number of fused-ring (bicyclic) bond motifs is 4. The Morgan fingerprint density at radius 1 is 0.935 bits per heavy atom. The summed E-state index contributed by atoms with van der Waals surface area (Å²) in [5.74, 6) is 0. The molecule has 0 aromatic heterocycles. The van der Waals surface area contributed by atoms with Gasteiger partial charge in [0.1, 0.15) is 0 Å². The van der Waals surface area contributed by atoms with Crippen LogP contribution < -0.4 is 0 Å². The molecule has 2 aliphatic rings. The van der Waals surface area contributed by atoms with E-state index in [1.165, 1.54) is 70.7 Å². The van der Waals surface area contributed by atoms with Gasteiger partial charge in [-0.25, -0.2) is 0 Å². The monoisotopic (exact) mass is 410 g/mol. The lowest BCUT2D eigenvalue weighted by Crippen LogP contribution is -2.28. The fourth-order valence-electron chi connectivity index (χ4n) is 6.10. The molecule has 0 atom stereocenters. The van der Waals surface area contributed by atoms with E-state index in [1.54, 1.807) is 11.1 Å². The van der Waals surface area contributed by atoms with Crippen LogP contribution in [0, 0.1) is 0 Å². The van der Waals surface area contributed by atoms with Crippen LogP contribution in [0.3, 0.4) is 0 Å². The highest BCUT2D eigenvalue weighted by atomic mass is 14.5. The van der Waals surface area contributed by atoms with Crippen molar-refractivity contribution in [1.29, 1.82) is 0 Å². The van der Waals surface area contributed by atoms with Crippen molar-refractivity contribution in [1.82, 2.24) is 0 Å². The molecule has 31 heavy (non-hydrogen) atoms. The number of rotatable bonds is 5. The second kappa shape index (κ2) is 9.03. The van der Waals surface area contributed by atoms with Gasteiger partial charge in [0.25, 0.3) is 0 Å². The van der Waals surface area contributed by atoms with Gasteiger partial charge in [-0.1, -0.05) is 101 Å². The van der Waals surface area contributed by atoms with Gasteiger partial charge in [-0.2, -0.15) is 0 Å². The van der Waals surface area contributed by atoms with Crippen LogP contribution >= 0.6 is 0 Å². The first kappa shape index (κ1) is 21.9. The number of hydrogen-bond donors (Lipinski definition) is 0. The van der Waals surface area contributed by atoms with E-state index in [9.17, 15) is 0 Å². The van der Waals surface area contributed by atoms with Gasteiger partial charge in [-0.05, 0) is 83.2 Å². The zero-order valence-electron chi connectivity index (χ0n) is 20.0. The molecule has 162 valence electrons. The van der Waals surface area contributed by atoms with Gasteiger partial charge in [-0.3, -0.25) is 0 Å². The number of allylic oxidation sites excluding steroid dienone is 7. The molecule has 0 amide bonds. The van der Waals surface area contributed by atoms with Crippen LogP contribution in [0.4, 0.5) is 0 Å². The third-order valence-electron chi connectivity index (χ3n) is 7.80. The molecule has 0 aliphatic heterocycles. The van der Waals surface area contributed by atoms with E-state index < -0.39 is 0 Å². The summed E-state index contributed by atoms with van der Waals surface area (Å²) < 4.78 is 0. The van der Waals surface area contributed by atoms with Gasteiger partial charge in [0, 0.05) is 5.41 Å². The first-order valence-corrected chi connectivity index (χ1v) is 12.4. The standard InChI is InChI=1S/C31H38/c1-6-13-29-26(16-14-22(5)7-2)28-19-18-25-24(9-4)23(8-3)15-17-27(25)30(28)31(29)20-11-10-12-21-31/h6,13-19H,1,7-12,20-21H2,2-5H3/b22-14+,26-16-,29-13-. The van der Waals surface area contributed by atoms with Crippen molar-refractivity contribution in [3.05, 3.63) is 88.5 Å². The van der Waals surface area contributed by atoms with Crippen LogP contribution in [-0.2, 0) is 18.3 Å². The van der Waals surface area contributed by atoms with Gasteiger partial charge in [0.2, 0.25) is 0 Å². The molecule has 0 heteroatoms. The summed E-state index contributed by atoms with van der Waals surface area (Å²) in [7, 11) is 0. The minimum Gasteiger partial charge on any atom is -0.0991 e. The summed E-state index contributed by atoms with van der Waals surface area (Å²) in [6, 6.07) is 9.67. The van der Waals surface area contributed by atoms with Crippen molar-refractivity contribution in [2.24, 2.45) is 0 Å². The first-order chi connectivity index (χ1) is 15.1. The lowest BCUT2D eigenvalue weighted by molar-refractivity contribution is 0.355. The van der Waals surface area contributed by atoms with Crippen molar-refractivity contribution in [2.75, 3.05) is 0 Å². The van der Waals surface area contributed by atoms with Crippen molar-refractivity contribution in [2.45, 2.75) is 84.5 Å². The molecule has 0 N–H and O–H groups in total. The summed E-state index contributed by atoms with van der Waals surface area (Å²) in [4.78, 5) is 0. The Balaban J connectivity index is 2.09. The topological polar surface area (TPSA) is 0 Å². The van der Waals surface area contributed by atoms with E-state index in [4.69, 9.17) is 0 Å². The van der Waals surface area contributed by atoms with Crippen molar-refractivity contribution in [3.63, 3.8) is 0 Å². The van der Waals surface area contributed by atoms with Gasteiger partial charge in [0.15, 0.2) is 0 Å². The van der Waals surface area contributed by atoms with Crippen LogP contribution in [0.25, 0.3) is 16.3 Å². The van der Waals surface area contributed by atoms with E-state index in [2.05, 4.69) is 76.8 Å². The summed E-state index contributed by atoms with van der Waals surface area (Å²) >= 11 is 0. The molecule has 0 unspecified atom stereocenters. The molecule has 4 rings (SSSR count). The fourth-order valence-corrected chi connectivity index (χ4v) is 6.10. The molecule has 2 aliphatic carbocycles. The second-order valence-corrected chi connectivity index (χ2v) is 9.40. The van der Waals surface area contributed by atoms with E-state index in [-0.39, 0.29) is 5.41 Å². The maximum Gasteiger partial charge on any atom is 0.0221 e. The highest BCUT2D eigenvalue weighted by Gasteiger charge is 2.46. The first-order valence-electron chi connectivity index (χ1n) is 12.4. The number of benzene rings is 2. The summed E-state index contributed by atoms with van der Waals surface area (Å²) in [6.07, 6.45) is 18.9. The quantitative estimate of drug-likeness (QED) is 0.461. The van der Waals surface area contributed by atoms with E-state index in [0.29, 0.717) is 0 Å². The molecule has 0 saturated heterocycles. The number of aryl methyl sites for hydroxylation is 2. The van der Waals surface area contributed by atoms with Crippen molar-refractivity contribution in [3.8, 4) is 0 Å². The normalized spacial score (nSPS) is 20.7. The molecule has 1 saturated carbocycles. The Morgan fingerprint density at radius 2 is 1.68 bits per heavy atom. The Kier molecular flexibility index (Phi) is 6.37. The lowest BCUT2D eigenvalue weighted by Gasteiger charge is -2.37. The largest absolute Gasteiger partial charge is 0.0991 e. The molecular formula is C31H38. The van der Waals surface area contributed by atoms with Gasteiger partial charge in [-0.15, -0.1) is 0 Å². The SMILES string of the molecule is C=C/C=C1/C(=C\C=C(/C)CC)c2ccc3c(CC)c(CC)ccc3c2C12CCCCC2. The molecule has 0 bridgehead atoms. The fraction of sp³-hybridized carbons (Fsp3) is 0.419. The highest BCUT2D eigenvalue weighted by molar-refractivity contribution is 6.02. The van der Waals surface area contributed by atoms with E-state index >= 15 is 0 Å². The van der Waals surface area contributed by atoms with Gasteiger partial charge < -0.3 is 0 Å². The lowest BCUT2D eigenvalue weighted by atomic mass is 9.66. The Morgan fingerprint density at radius 3 is 2.32 bits per heavy atom. The zero-order chi connectivity index (χ0) is 22.0. The summed E-state index contributed by atoms with van der Waals surface area (Å²) in [6.45, 7) is 13.2. The average Bonchev–Trinajstić information content (AvgIpc) is 3.05. The molecule has 0 nitrogen and oxygen atoms in total. The van der Waals surface area contributed by atoms with Crippen molar-refractivity contribution >= 4 is 16.3 Å². The van der Waals surface area contributed by atoms with Crippen LogP contribution in [0.2, 0.25) is 0 Å². The zero-order valence-corrected chi connectivity index (χ0v) is 20.0. The third-order valence-corrected chi connectivity index (χ3v) is 7.80. The molecule has 2 aromatic rings. The van der Waals surface area contributed by atoms with Gasteiger partial charge >= 0.3 is 0 Å². The molecule has 0 radical (unpaired) electrons. The Bertz CT molecular complexity index is 1080. The maximum atomic E-state index is 4.10. The van der Waals surface area contributed by atoms with E-state index in [1.807, 2.05) is 6.08 Å². The predicted octanol–water partition coefficient (Wildman–Crippen LogP) is 9.03. The Labute approximate surface area is 189 Å². The molecule has 1 spiro atoms. The Hall–Kier alpha value is -2.34. The summed E-state index contributed by atoms with van der Waals surface area (Å²) in [5.41, 5.74) is 10.6. The average molecular weight is 411 g/mol. The maximum absolute atomic E-state index is 4.10. The summed E-state index contributed by atoms with van der Waals surface area (Å²) in [5, 5.41) is 2.97. The minimum atomic E-state index is 0.139. The van der Waals surface area contributed by atoms with Crippen LogP contribution in [0.5, 0.6) is 0 Å². The predicted molar refractivity (Wildman–Crippen MR) is 138 cm³/mol.